The van der Waals surface area contributed by atoms with Gasteiger partial charge in [0.05, 0.1) is 24.7 Å². The maximum Gasteiger partial charge on any atom is 0.328 e. The maximum absolute atomic E-state index is 12.6. The monoisotopic (exact) mass is 386 g/mol. The van der Waals surface area contributed by atoms with Crippen LogP contribution in [0.2, 0.25) is 0 Å². The molecular formula is C17H18N6O5. The summed E-state index contributed by atoms with van der Waals surface area (Å²) in [7, 11) is 1.56. The molecule has 3 rings (SSSR count). The summed E-state index contributed by atoms with van der Waals surface area (Å²) in [5, 5.41) is 22.3. The van der Waals surface area contributed by atoms with E-state index in [9.17, 15) is 14.4 Å². The molecule has 0 saturated heterocycles. The molecule has 3 N–H and O–H groups in total. The van der Waals surface area contributed by atoms with Crippen molar-refractivity contribution >= 4 is 23.5 Å². The van der Waals surface area contributed by atoms with Gasteiger partial charge >= 0.3 is 5.97 Å². The number of carbonyl (C=O) groups excluding carboxylic acids is 2. The highest BCUT2D eigenvalue weighted by molar-refractivity contribution is 6.07. The van der Waals surface area contributed by atoms with Crippen LogP contribution in [0, 0.1) is 0 Å². The minimum Gasteiger partial charge on any atom is -0.480 e. The molecule has 2 amide bonds. The lowest BCUT2D eigenvalue weighted by atomic mass is 10.3. The molecule has 0 fully saturated rings. The Morgan fingerprint density at radius 3 is 2.71 bits per heavy atom. The number of carbonyl (C=O) groups is 3. The highest BCUT2D eigenvalue weighted by Crippen LogP contribution is 2.17. The van der Waals surface area contributed by atoms with Gasteiger partial charge in [0.25, 0.3) is 11.8 Å². The molecule has 0 saturated carbocycles. The number of nitrogens with zero attached hydrogens (tertiary/aromatic N) is 4. The molecule has 3 aromatic heterocycles. The van der Waals surface area contributed by atoms with E-state index in [1.165, 1.54) is 36.3 Å². The van der Waals surface area contributed by atoms with Gasteiger partial charge in [-0.3, -0.25) is 14.3 Å². The summed E-state index contributed by atoms with van der Waals surface area (Å²) in [6, 6.07) is 3.79. The number of hydrogen-bond donors (Lipinski definition) is 3. The van der Waals surface area contributed by atoms with E-state index in [0.717, 1.165) is 4.68 Å². The molecule has 146 valence electrons. The van der Waals surface area contributed by atoms with E-state index >= 15 is 0 Å². The number of rotatable bonds is 7. The summed E-state index contributed by atoms with van der Waals surface area (Å²) in [5.41, 5.74) is 0.359. The first-order chi connectivity index (χ1) is 13.4. The predicted octanol–water partition coefficient (Wildman–Crippen LogP) is 1.04. The van der Waals surface area contributed by atoms with Crippen molar-refractivity contribution in [2.45, 2.75) is 19.5 Å². The Kier molecular flexibility index (Phi) is 5.25. The van der Waals surface area contributed by atoms with Gasteiger partial charge < -0.3 is 20.2 Å². The van der Waals surface area contributed by atoms with Gasteiger partial charge in [-0.05, 0) is 25.1 Å². The van der Waals surface area contributed by atoms with E-state index in [2.05, 4.69) is 20.8 Å². The highest BCUT2D eigenvalue weighted by Gasteiger charge is 2.24. The maximum atomic E-state index is 12.6. The van der Waals surface area contributed by atoms with Gasteiger partial charge in [-0.1, -0.05) is 0 Å². The Labute approximate surface area is 158 Å². The number of aliphatic carboxylic acids is 1. The van der Waals surface area contributed by atoms with Crippen molar-refractivity contribution in [1.29, 1.82) is 0 Å². The first kappa shape index (κ1) is 18.9. The number of nitrogens with one attached hydrogen (secondary N) is 2. The summed E-state index contributed by atoms with van der Waals surface area (Å²) in [6.07, 6.45) is 4.16. The smallest absolute Gasteiger partial charge is 0.328 e. The average Bonchev–Trinajstić information content (AvgIpc) is 3.40. The molecule has 0 radical (unpaired) electrons. The number of carboxylic acid groups (broad SMARTS) is 1. The van der Waals surface area contributed by atoms with Gasteiger partial charge in [0.2, 0.25) is 0 Å². The van der Waals surface area contributed by atoms with Gasteiger partial charge in [-0.25, -0.2) is 9.48 Å². The number of aromatic nitrogens is 4. The largest absolute Gasteiger partial charge is 0.480 e. The first-order valence-corrected chi connectivity index (χ1v) is 8.28. The van der Waals surface area contributed by atoms with Crippen molar-refractivity contribution in [1.82, 2.24) is 24.9 Å². The van der Waals surface area contributed by atoms with Gasteiger partial charge in [-0.15, -0.1) is 0 Å². The van der Waals surface area contributed by atoms with Crippen LogP contribution < -0.4 is 10.6 Å². The topological polar surface area (TPSA) is 144 Å². The SMILES string of the molecule is CC(C(=O)O)n1nccc1C(=O)Nc1cnn(C)c1C(=O)NCc1ccco1. The van der Waals surface area contributed by atoms with E-state index in [1.807, 2.05) is 0 Å². The van der Waals surface area contributed by atoms with Gasteiger partial charge in [0.1, 0.15) is 23.2 Å². The fourth-order valence-electron chi connectivity index (χ4n) is 2.56. The molecule has 0 aromatic carbocycles. The molecule has 0 aliphatic rings. The minimum absolute atomic E-state index is 0.0423. The summed E-state index contributed by atoms with van der Waals surface area (Å²) < 4.78 is 7.58. The van der Waals surface area contributed by atoms with E-state index < -0.39 is 23.8 Å². The van der Waals surface area contributed by atoms with Crippen LogP contribution in [0.1, 0.15) is 39.7 Å². The third-order valence-electron chi connectivity index (χ3n) is 4.03. The average molecular weight is 386 g/mol. The standard InChI is InChI=1S/C17H18N6O5/c1-10(17(26)27)23-13(5-6-19-23)15(24)21-12-9-20-22(2)14(12)16(25)18-8-11-4-3-7-28-11/h3-7,9-10H,8H2,1-2H3,(H,18,25)(H,21,24)(H,26,27). The molecule has 28 heavy (non-hydrogen) atoms. The van der Waals surface area contributed by atoms with Crippen LogP contribution in [0.5, 0.6) is 0 Å². The molecule has 11 heteroatoms. The second kappa shape index (κ2) is 7.78. The van der Waals surface area contributed by atoms with Crippen LogP contribution in [-0.4, -0.2) is 42.5 Å². The number of amides is 2. The molecule has 3 heterocycles. The Morgan fingerprint density at radius 1 is 1.25 bits per heavy atom. The lowest BCUT2D eigenvalue weighted by Crippen LogP contribution is -2.27. The summed E-state index contributed by atoms with van der Waals surface area (Å²) >= 11 is 0. The van der Waals surface area contributed by atoms with Gasteiger partial charge in [0.15, 0.2) is 0 Å². The lowest BCUT2D eigenvalue weighted by Gasteiger charge is -2.12. The fraction of sp³-hybridized carbons (Fsp3) is 0.235. The second-order valence-corrected chi connectivity index (χ2v) is 5.92. The van der Waals surface area contributed by atoms with Crippen molar-refractivity contribution in [3.8, 4) is 0 Å². The van der Waals surface area contributed by atoms with Crippen LogP contribution >= 0.6 is 0 Å². The summed E-state index contributed by atoms with van der Waals surface area (Å²) in [5.74, 6) is -1.62. The zero-order valence-corrected chi connectivity index (χ0v) is 15.1. The summed E-state index contributed by atoms with van der Waals surface area (Å²) in [4.78, 5) is 36.3. The minimum atomic E-state index is -1.13. The molecule has 0 aliphatic heterocycles. The zero-order chi connectivity index (χ0) is 20.3. The molecule has 11 nitrogen and oxygen atoms in total. The first-order valence-electron chi connectivity index (χ1n) is 8.28. The van der Waals surface area contributed by atoms with Gasteiger partial charge in [0, 0.05) is 13.2 Å². The zero-order valence-electron chi connectivity index (χ0n) is 15.1. The van der Waals surface area contributed by atoms with Crippen LogP contribution in [-0.2, 0) is 18.4 Å². The molecule has 3 aromatic rings. The third kappa shape index (κ3) is 3.77. The van der Waals surface area contributed by atoms with Crippen LogP contribution in [0.3, 0.4) is 0 Å². The molecular weight excluding hydrogens is 368 g/mol. The second-order valence-electron chi connectivity index (χ2n) is 5.92. The van der Waals surface area contributed by atoms with Crippen LogP contribution in [0.25, 0.3) is 0 Å². The molecule has 1 atom stereocenters. The molecule has 0 bridgehead atoms. The molecule has 0 aliphatic carbocycles. The summed E-state index contributed by atoms with van der Waals surface area (Å²) in [6.45, 7) is 1.58. The number of aryl methyl sites for hydroxylation is 1. The number of anilines is 1. The number of hydrogen-bond acceptors (Lipinski definition) is 6. The van der Waals surface area contributed by atoms with E-state index in [4.69, 9.17) is 9.52 Å². The Bertz CT molecular complexity index is 1000. The Hall–Kier alpha value is -3.89. The molecule has 0 spiro atoms. The predicted molar refractivity (Wildman–Crippen MR) is 95.6 cm³/mol. The van der Waals surface area contributed by atoms with Gasteiger partial charge in [-0.2, -0.15) is 10.2 Å². The van der Waals surface area contributed by atoms with Crippen molar-refractivity contribution in [3.63, 3.8) is 0 Å². The Balaban J connectivity index is 1.77. The normalized spacial score (nSPS) is 11.8. The fourth-order valence-corrected chi connectivity index (χ4v) is 2.56. The van der Waals surface area contributed by atoms with E-state index in [1.54, 1.807) is 19.2 Å². The van der Waals surface area contributed by atoms with Crippen molar-refractivity contribution in [2.24, 2.45) is 7.05 Å². The highest BCUT2D eigenvalue weighted by atomic mass is 16.4. The van der Waals surface area contributed by atoms with Crippen LogP contribution in [0.4, 0.5) is 5.69 Å². The van der Waals surface area contributed by atoms with Crippen molar-refractivity contribution in [2.75, 3.05) is 5.32 Å². The quantitative estimate of drug-likeness (QED) is 0.550. The van der Waals surface area contributed by atoms with E-state index in [-0.39, 0.29) is 23.6 Å². The number of carboxylic acids is 1. The van der Waals surface area contributed by atoms with E-state index in [0.29, 0.717) is 5.76 Å². The lowest BCUT2D eigenvalue weighted by molar-refractivity contribution is -0.140. The number of furan rings is 1. The third-order valence-corrected chi connectivity index (χ3v) is 4.03. The molecule has 1 unspecified atom stereocenters. The van der Waals surface area contributed by atoms with Crippen molar-refractivity contribution in [3.05, 3.63) is 54.0 Å². The van der Waals surface area contributed by atoms with Crippen LogP contribution in [0.15, 0.2) is 41.3 Å². The Morgan fingerprint density at radius 2 is 2.04 bits per heavy atom. The van der Waals surface area contributed by atoms with Crippen molar-refractivity contribution < 1.29 is 23.9 Å².